The van der Waals surface area contributed by atoms with Gasteiger partial charge in [-0.3, -0.25) is 9.69 Å². The molecule has 7 heterocycles. The SMILES string of the molecule is Cc1cc(C)n2c1C=C1C=CC(CCC(=O)N3CCN(C4CC=[N+](C(=O)c5ccc([N-][c+]6nc7c(c[n-]6)n(C)[c-](O)c6ccccc6n7C)cc5)CC4)CC3)=[N+]1[B-]2F. The molecule has 1 fully saturated rings. The third-order valence-electron chi connectivity index (χ3n) is 12.1. The van der Waals surface area contributed by atoms with Crippen LogP contribution in [0.15, 0.2) is 78.6 Å². The minimum atomic E-state index is -1.32. The van der Waals surface area contributed by atoms with E-state index >= 15 is 4.32 Å². The lowest BCUT2D eigenvalue weighted by atomic mass is 9.96. The van der Waals surface area contributed by atoms with Gasteiger partial charge in [0.1, 0.15) is 11.6 Å². The van der Waals surface area contributed by atoms with Crippen LogP contribution in [0.1, 0.15) is 53.0 Å². The number of carbonyl (C=O) groups excluding carboxylic acids is 2. The first-order valence-corrected chi connectivity index (χ1v) is 19.9. The molecule has 9 rings (SSSR count). The monoisotopic (exact) mass is 780 g/mol. The van der Waals surface area contributed by atoms with Gasteiger partial charge < -0.3 is 47.7 Å². The van der Waals surface area contributed by atoms with Crippen LogP contribution in [0, 0.1) is 13.8 Å². The largest absolute Gasteiger partial charge is 0.537 e. The summed E-state index contributed by atoms with van der Waals surface area (Å²) in [6.45, 7) is 7.44. The smallest absolute Gasteiger partial charge is 0.533 e. The Balaban J connectivity index is 0.778. The molecule has 0 saturated carbocycles. The molecule has 3 aromatic heterocycles. The third kappa shape index (κ3) is 6.62. The molecule has 15 heteroatoms. The van der Waals surface area contributed by atoms with Crippen LogP contribution in [0.25, 0.3) is 33.5 Å². The Bertz CT molecular complexity index is 2670. The molecule has 1 N–H and O–H groups in total. The fourth-order valence-electron chi connectivity index (χ4n) is 8.86. The lowest BCUT2D eigenvalue weighted by molar-refractivity contribution is -0.432. The van der Waals surface area contributed by atoms with E-state index in [9.17, 15) is 14.7 Å². The molecular formula is C43H46BFN10O3-. The molecule has 13 nitrogen and oxygen atoms in total. The Hall–Kier alpha value is -6.22. The van der Waals surface area contributed by atoms with Gasteiger partial charge in [0.15, 0.2) is 18.5 Å². The number of aromatic hydroxyl groups is 1. The Kier molecular flexibility index (Phi) is 9.63. The fourth-order valence-corrected chi connectivity index (χ4v) is 8.86. The molecule has 5 aromatic rings. The molecule has 1 atom stereocenters. The quantitative estimate of drug-likeness (QED) is 0.127. The molecule has 2 amide bonds. The summed E-state index contributed by atoms with van der Waals surface area (Å²) in [7, 11) is 2.35. The molecule has 0 bridgehead atoms. The van der Waals surface area contributed by atoms with Crippen LogP contribution in [-0.2, 0) is 18.9 Å². The van der Waals surface area contributed by atoms with Crippen LogP contribution in [0.2, 0.25) is 0 Å². The number of rotatable bonds is 7. The zero-order valence-corrected chi connectivity index (χ0v) is 33.2. The highest BCUT2D eigenvalue weighted by Gasteiger charge is 2.35. The van der Waals surface area contributed by atoms with Crippen LogP contribution in [-0.4, -0.2) is 112 Å². The number of carbonyl (C=O) groups is 2. The first-order valence-electron chi connectivity index (χ1n) is 19.9. The highest BCUT2D eigenvalue weighted by molar-refractivity contribution is 6.43. The van der Waals surface area contributed by atoms with E-state index in [-0.39, 0.29) is 23.6 Å². The number of hydrogen-bond acceptors (Lipinski definition) is 5. The Morgan fingerprint density at radius 1 is 1.07 bits per heavy atom. The number of amides is 2. The summed E-state index contributed by atoms with van der Waals surface area (Å²) < 4.78 is 24.5. The number of fused-ring (bicyclic) bond motifs is 4. The number of nitrogens with zero attached hydrogens (tertiary/aromatic N) is 10. The second kappa shape index (κ2) is 14.9. The fraction of sp³-hybridized carbons (Fsp3) is 0.326. The maximum Gasteiger partial charge on any atom is 0.533 e. The van der Waals surface area contributed by atoms with E-state index in [4.69, 9.17) is 4.98 Å². The minimum absolute atomic E-state index is 0.0543. The Morgan fingerprint density at radius 2 is 1.84 bits per heavy atom. The first-order chi connectivity index (χ1) is 28.0. The number of aryl methyl sites for hydroxylation is 4. The van der Waals surface area contributed by atoms with Gasteiger partial charge >= 0.3 is 13.2 Å². The van der Waals surface area contributed by atoms with Crippen molar-refractivity contribution in [3.63, 3.8) is 0 Å². The van der Waals surface area contributed by atoms with Crippen LogP contribution in [0.5, 0.6) is 5.88 Å². The van der Waals surface area contributed by atoms with Crippen LogP contribution >= 0.6 is 0 Å². The molecule has 1 radical (unpaired) electrons. The van der Waals surface area contributed by atoms with Gasteiger partial charge in [-0.15, -0.1) is 12.1 Å². The van der Waals surface area contributed by atoms with Crippen molar-refractivity contribution in [3.05, 3.63) is 106 Å². The van der Waals surface area contributed by atoms with Gasteiger partial charge in [0, 0.05) is 94.5 Å². The van der Waals surface area contributed by atoms with Crippen molar-refractivity contribution in [2.75, 3.05) is 32.7 Å². The number of benzene rings is 2. The van der Waals surface area contributed by atoms with Crippen molar-refractivity contribution in [1.82, 2.24) is 33.4 Å². The van der Waals surface area contributed by atoms with E-state index < -0.39 is 7.26 Å². The standard InChI is InChI=1S/C43H46BFN10O3/c1-28-25-29(2)54-37(28)26-34-14-13-33(55(34)44(54)45)15-16-39(56)52-23-21-51(22-24-52)32-17-19-53(20-18-32)41(57)30-9-11-31(12-10-30)47-43-46-27-38-40(48-43)49(3)36-8-6-5-7-35(36)42(58)50(38)4/h5-14,19,25-27,32,58H,15-18,20-24H2,1-4H3/q-1. The molecule has 2 aromatic carbocycles. The number of piperazine rings is 1. The maximum absolute atomic E-state index is 15.7. The van der Waals surface area contributed by atoms with E-state index in [1.807, 2.05) is 85.1 Å². The van der Waals surface area contributed by atoms with E-state index in [1.54, 1.807) is 55.6 Å². The van der Waals surface area contributed by atoms with Crippen molar-refractivity contribution in [1.29, 1.82) is 0 Å². The van der Waals surface area contributed by atoms with Gasteiger partial charge in [-0.05, 0) is 79.9 Å². The number of para-hydroxylation sites is 1. The lowest BCUT2D eigenvalue weighted by Gasteiger charge is -2.39. The summed E-state index contributed by atoms with van der Waals surface area (Å²) in [5.74, 6) is 0.426. The van der Waals surface area contributed by atoms with E-state index in [1.165, 1.54) is 0 Å². The number of hydrogen-bond donors (Lipinski definition) is 1. The maximum atomic E-state index is 15.7. The highest BCUT2D eigenvalue weighted by atomic mass is 19.1. The molecule has 4 aliphatic rings. The lowest BCUT2D eigenvalue weighted by Crippen LogP contribution is -2.53. The second-order valence-electron chi connectivity index (χ2n) is 15.6. The zero-order valence-electron chi connectivity index (χ0n) is 33.2. The van der Waals surface area contributed by atoms with Gasteiger partial charge in [0.2, 0.25) is 5.91 Å². The third-order valence-corrected chi connectivity index (χ3v) is 12.1. The summed E-state index contributed by atoms with van der Waals surface area (Å²) >= 11 is 0. The van der Waals surface area contributed by atoms with Crippen molar-refractivity contribution in [2.45, 2.75) is 45.6 Å². The molecule has 4 aliphatic heterocycles. The topological polar surface area (TPSA) is 123 Å². The molecule has 297 valence electrons. The van der Waals surface area contributed by atoms with Crippen molar-refractivity contribution in [3.8, 4) is 5.88 Å². The first kappa shape index (κ1) is 37.4. The molecule has 0 aliphatic carbocycles. The van der Waals surface area contributed by atoms with Gasteiger partial charge in [-0.1, -0.05) is 23.5 Å². The number of aromatic nitrogens is 5. The van der Waals surface area contributed by atoms with Gasteiger partial charge in [0.25, 0.3) is 0 Å². The average Bonchev–Trinajstić information content (AvgIpc) is 3.79. The minimum Gasteiger partial charge on any atom is -0.537 e. The molecular weight excluding hydrogens is 734 g/mol. The Morgan fingerprint density at radius 3 is 2.60 bits per heavy atom. The summed E-state index contributed by atoms with van der Waals surface area (Å²) in [5.41, 5.74) is 7.76. The van der Waals surface area contributed by atoms with Crippen molar-refractivity contribution >= 4 is 70.8 Å². The van der Waals surface area contributed by atoms with Gasteiger partial charge in [0.05, 0.1) is 11.1 Å². The number of halogens is 1. The van der Waals surface area contributed by atoms with E-state index in [0.29, 0.717) is 66.3 Å². The normalized spacial score (nSPS) is 18.4. The second-order valence-corrected chi connectivity index (χ2v) is 15.6. The van der Waals surface area contributed by atoms with Gasteiger partial charge in [-0.2, -0.15) is 4.58 Å². The predicted molar refractivity (Wildman–Crippen MR) is 223 cm³/mol. The number of allylic oxidation sites excluding steroid dienone is 2. The summed E-state index contributed by atoms with van der Waals surface area (Å²) in [6, 6.07) is 17.1. The van der Waals surface area contributed by atoms with E-state index in [2.05, 4.69) is 15.2 Å². The molecule has 58 heavy (non-hydrogen) atoms. The summed E-state index contributed by atoms with van der Waals surface area (Å²) in [6.07, 6.45) is 12.0. The predicted octanol–water partition coefficient (Wildman–Crippen LogP) is 5.80. The zero-order chi connectivity index (χ0) is 40.2. The van der Waals surface area contributed by atoms with Crippen LogP contribution < -0.4 is 4.98 Å². The Labute approximate surface area is 336 Å². The average molecular weight is 781 g/mol. The van der Waals surface area contributed by atoms with Crippen molar-refractivity contribution in [2.24, 2.45) is 14.1 Å². The van der Waals surface area contributed by atoms with E-state index in [0.717, 1.165) is 59.8 Å². The summed E-state index contributed by atoms with van der Waals surface area (Å²) in [4.78, 5) is 40.3. The molecule has 1 unspecified atom stereocenters. The molecule has 1 saturated heterocycles. The highest BCUT2D eigenvalue weighted by Crippen LogP contribution is 2.32. The van der Waals surface area contributed by atoms with Crippen LogP contribution in [0.3, 0.4) is 0 Å². The van der Waals surface area contributed by atoms with Gasteiger partial charge in [-0.25, -0.2) is 4.79 Å². The van der Waals surface area contributed by atoms with Crippen molar-refractivity contribution < 1.29 is 28.1 Å². The summed E-state index contributed by atoms with van der Waals surface area (Å²) in [5, 5.41) is 16.2. The molecule has 0 spiro atoms. The van der Waals surface area contributed by atoms with Crippen LogP contribution in [0.4, 0.5) is 16.0 Å².